The molecule has 6 nitrogen and oxygen atoms in total. The molecule has 2 N–H and O–H groups in total. The molecule has 0 saturated carbocycles. The van der Waals surface area contributed by atoms with E-state index in [-0.39, 0.29) is 11.7 Å². The molecule has 3 rings (SSSR count). The Morgan fingerprint density at radius 1 is 1.35 bits per heavy atom. The second kappa shape index (κ2) is 6.21. The largest absolute Gasteiger partial charge is 0.497 e. The molecule has 0 aliphatic carbocycles. The molecule has 2 aromatic rings. The molecule has 1 aromatic carbocycles. The number of nitrogens with zero attached hydrogens (tertiary/aromatic N) is 2. The molecular formula is C16H15N3O3S. The lowest BCUT2D eigenvalue weighted by Crippen LogP contribution is -2.31. The Hall–Kier alpha value is -2.67. The summed E-state index contributed by atoms with van der Waals surface area (Å²) in [6, 6.07) is 7.17. The molecule has 7 heteroatoms. The topological polar surface area (TPSA) is 83.8 Å². The number of carbonyl (C=O) groups is 1. The number of aromatic nitrogens is 1. The van der Waals surface area contributed by atoms with Crippen molar-refractivity contribution in [2.45, 2.75) is 13.1 Å². The van der Waals surface area contributed by atoms with Crippen LogP contribution in [0.3, 0.4) is 0 Å². The average Bonchev–Trinajstić information content (AvgIpc) is 3.08. The number of carboxylic acid groups (broad SMARTS) is 1. The molecule has 0 spiro atoms. The second-order valence-corrected chi connectivity index (χ2v) is 5.69. The van der Waals surface area contributed by atoms with Crippen molar-refractivity contribution in [2.75, 3.05) is 7.11 Å². The van der Waals surface area contributed by atoms with Crippen molar-refractivity contribution in [3.8, 4) is 5.75 Å². The van der Waals surface area contributed by atoms with Crippen molar-refractivity contribution < 1.29 is 14.6 Å². The number of aliphatic imine (C=N–C) groups is 1. The molecule has 1 unspecified atom stereocenters. The highest BCUT2D eigenvalue weighted by molar-refractivity contribution is 7.07. The molecule has 0 bridgehead atoms. The summed E-state index contributed by atoms with van der Waals surface area (Å²) < 4.78 is 5.14. The molecule has 118 valence electrons. The minimum absolute atomic E-state index is 0.168. The Morgan fingerprint density at radius 2 is 2.09 bits per heavy atom. The van der Waals surface area contributed by atoms with Gasteiger partial charge in [0.1, 0.15) is 11.3 Å². The number of carboxylic acids is 1. The predicted molar refractivity (Wildman–Crippen MR) is 87.9 cm³/mol. The van der Waals surface area contributed by atoms with Crippen LogP contribution in [0.25, 0.3) is 0 Å². The van der Waals surface area contributed by atoms with Gasteiger partial charge in [-0.05, 0) is 31.2 Å². The summed E-state index contributed by atoms with van der Waals surface area (Å²) >= 11 is 1.47. The third-order valence-electron chi connectivity index (χ3n) is 3.53. The van der Waals surface area contributed by atoms with Gasteiger partial charge >= 0.3 is 5.97 Å². The minimum Gasteiger partial charge on any atom is -0.497 e. The van der Waals surface area contributed by atoms with Crippen molar-refractivity contribution in [3.63, 3.8) is 0 Å². The molecule has 23 heavy (non-hydrogen) atoms. The molecule has 1 aliphatic rings. The van der Waals surface area contributed by atoms with Crippen molar-refractivity contribution in [1.29, 1.82) is 0 Å². The lowest BCUT2D eigenvalue weighted by molar-refractivity contribution is -0.132. The molecule has 0 fully saturated rings. The third kappa shape index (κ3) is 2.95. The van der Waals surface area contributed by atoms with Crippen molar-refractivity contribution >= 4 is 23.0 Å². The first kappa shape index (κ1) is 15.2. The molecule has 1 atom stereocenters. The van der Waals surface area contributed by atoms with Crippen LogP contribution in [-0.2, 0) is 4.79 Å². The fourth-order valence-corrected chi connectivity index (χ4v) is 2.98. The maximum absolute atomic E-state index is 11.6. The lowest BCUT2D eigenvalue weighted by Gasteiger charge is -2.24. The quantitative estimate of drug-likeness (QED) is 0.901. The SMILES string of the molecule is COc1ccc(C2=NC(c3cscn3)NC(C)=C2C(=O)O)cc1. The van der Waals surface area contributed by atoms with Crippen LogP contribution in [0.1, 0.15) is 24.3 Å². The van der Waals surface area contributed by atoms with Gasteiger partial charge in [0.2, 0.25) is 0 Å². The predicted octanol–water partition coefficient (Wildman–Crippen LogP) is 2.60. The number of thiazole rings is 1. The van der Waals surface area contributed by atoms with E-state index in [1.54, 1.807) is 43.8 Å². The van der Waals surface area contributed by atoms with Gasteiger partial charge in [-0.25, -0.2) is 9.78 Å². The molecule has 0 radical (unpaired) electrons. The van der Waals surface area contributed by atoms with Gasteiger partial charge in [0, 0.05) is 16.6 Å². The van der Waals surface area contributed by atoms with Crippen molar-refractivity contribution in [3.05, 3.63) is 57.7 Å². The maximum Gasteiger partial charge on any atom is 0.339 e. The van der Waals surface area contributed by atoms with Gasteiger partial charge in [-0.2, -0.15) is 0 Å². The summed E-state index contributed by atoms with van der Waals surface area (Å²) in [5.74, 6) is -0.307. The maximum atomic E-state index is 11.6. The van der Waals surface area contributed by atoms with E-state index < -0.39 is 5.97 Å². The van der Waals surface area contributed by atoms with E-state index in [9.17, 15) is 9.90 Å². The number of nitrogens with one attached hydrogen (secondary N) is 1. The van der Waals surface area contributed by atoms with E-state index in [1.165, 1.54) is 11.3 Å². The van der Waals surface area contributed by atoms with Crippen molar-refractivity contribution in [2.24, 2.45) is 4.99 Å². The van der Waals surface area contributed by atoms with Gasteiger partial charge in [0.15, 0.2) is 6.17 Å². The Kier molecular flexibility index (Phi) is 4.12. The summed E-state index contributed by atoms with van der Waals surface area (Å²) in [7, 11) is 1.59. The van der Waals surface area contributed by atoms with E-state index in [0.717, 1.165) is 11.3 Å². The third-order valence-corrected chi connectivity index (χ3v) is 4.14. The summed E-state index contributed by atoms with van der Waals surface area (Å²) in [6.45, 7) is 1.74. The number of hydrogen-bond donors (Lipinski definition) is 2. The smallest absolute Gasteiger partial charge is 0.339 e. The minimum atomic E-state index is -1.01. The Balaban J connectivity index is 2.07. The number of hydrogen-bond acceptors (Lipinski definition) is 6. The van der Waals surface area contributed by atoms with E-state index in [0.29, 0.717) is 17.2 Å². The summed E-state index contributed by atoms with van der Waals surface area (Å²) in [6.07, 6.45) is -0.388. The van der Waals surface area contributed by atoms with Crippen LogP contribution < -0.4 is 10.1 Å². The van der Waals surface area contributed by atoms with Crippen LogP contribution in [0.4, 0.5) is 0 Å². The summed E-state index contributed by atoms with van der Waals surface area (Å²) in [5, 5.41) is 14.5. The van der Waals surface area contributed by atoms with Gasteiger partial charge in [-0.15, -0.1) is 11.3 Å². The zero-order chi connectivity index (χ0) is 16.4. The molecule has 1 aromatic heterocycles. The molecule has 0 saturated heterocycles. The van der Waals surface area contributed by atoms with E-state index in [4.69, 9.17) is 4.74 Å². The normalized spacial score (nSPS) is 17.5. The first-order valence-electron chi connectivity index (χ1n) is 6.91. The molecule has 2 heterocycles. The summed E-state index contributed by atoms with van der Waals surface area (Å²) in [5.41, 5.74) is 4.40. The number of allylic oxidation sites excluding steroid dienone is 1. The molecule has 0 amide bonds. The summed E-state index contributed by atoms with van der Waals surface area (Å²) in [4.78, 5) is 20.5. The van der Waals surface area contributed by atoms with Crippen LogP contribution in [0.5, 0.6) is 5.75 Å². The van der Waals surface area contributed by atoms with Crippen LogP contribution in [0.2, 0.25) is 0 Å². The fraction of sp³-hybridized carbons (Fsp3) is 0.188. The molecular weight excluding hydrogens is 314 g/mol. The van der Waals surface area contributed by atoms with Crippen LogP contribution in [0, 0.1) is 0 Å². The Labute approximate surface area is 137 Å². The highest BCUT2D eigenvalue weighted by Crippen LogP contribution is 2.26. The number of rotatable bonds is 4. The van der Waals surface area contributed by atoms with Crippen LogP contribution in [0.15, 0.2) is 51.4 Å². The Bertz CT molecular complexity index is 779. The number of methoxy groups -OCH3 is 1. The van der Waals surface area contributed by atoms with E-state index in [1.807, 2.05) is 5.38 Å². The monoisotopic (exact) mass is 329 g/mol. The fourth-order valence-electron chi connectivity index (χ4n) is 2.41. The number of aliphatic carboxylic acids is 1. The van der Waals surface area contributed by atoms with Gasteiger partial charge < -0.3 is 15.2 Å². The lowest BCUT2D eigenvalue weighted by atomic mass is 9.98. The zero-order valence-corrected chi connectivity index (χ0v) is 13.4. The van der Waals surface area contributed by atoms with Crippen LogP contribution >= 0.6 is 11.3 Å². The Morgan fingerprint density at radius 3 is 2.65 bits per heavy atom. The van der Waals surface area contributed by atoms with Crippen LogP contribution in [-0.4, -0.2) is 28.9 Å². The zero-order valence-electron chi connectivity index (χ0n) is 12.6. The van der Waals surface area contributed by atoms with Gasteiger partial charge in [-0.1, -0.05) is 0 Å². The highest BCUT2D eigenvalue weighted by Gasteiger charge is 2.28. The average molecular weight is 329 g/mol. The standard InChI is InChI=1S/C16H15N3O3S/c1-9-13(16(20)21)14(10-3-5-11(22-2)6-4-10)19-15(18-9)12-7-23-8-17-12/h3-8,15,18H,1-2H3,(H,20,21). The van der Waals surface area contributed by atoms with Crippen molar-refractivity contribution in [1.82, 2.24) is 10.3 Å². The first-order chi connectivity index (χ1) is 11.1. The van der Waals surface area contributed by atoms with E-state index in [2.05, 4.69) is 15.3 Å². The second-order valence-electron chi connectivity index (χ2n) is 4.97. The molecule has 1 aliphatic heterocycles. The van der Waals surface area contributed by atoms with E-state index >= 15 is 0 Å². The van der Waals surface area contributed by atoms with Gasteiger partial charge in [0.25, 0.3) is 0 Å². The highest BCUT2D eigenvalue weighted by atomic mass is 32.1. The number of benzene rings is 1. The van der Waals surface area contributed by atoms with Gasteiger partial charge in [-0.3, -0.25) is 4.99 Å². The first-order valence-corrected chi connectivity index (χ1v) is 7.86. The van der Waals surface area contributed by atoms with Gasteiger partial charge in [0.05, 0.1) is 24.0 Å². The number of ether oxygens (including phenoxy) is 1.